The number of halogens is 3. The number of hydrogen-bond donors (Lipinski definition) is 3. The third-order valence-corrected chi connectivity index (χ3v) is 3.94. The Morgan fingerprint density at radius 3 is 2.28 bits per heavy atom. The molecule has 0 saturated heterocycles. The minimum atomic E-state index is -5.08. The SMILES string of the molecule is CN(C)c1ncc(CNC(=O)Nc2ccc(-n3cncn3)cc2)n1C.O=C(O)C(F)(F)F. The van der Waals surface area contributed by atoms with Crippen LogP contribution in [0.5, 0.6) is 0 Å². The number of amides is 2. The Kier molecular flexibility index (Phi) is 7.76. The lowest BCUT2D eigenvalue weighted by atomic mass is 10.3. The molecule has 3 N–H and O–H groups in total. The molecule has 0 radical (unpaired) electrons. The smallest absolute Gasteiger partial charge is 0.475 e. The third kappa shape index (κ3) is 6.72. The highest BCUT2D eigenvalue weighted by molar-refractivity contribution is 5.89. The molecule has 0 atom stereocenters. The lowest BCUT2D eigenvalue weighted by molar-refractivity contribution is -0.192. The number of carbonyl (C=O) groups excluding carboxylic acids is 1. The molecular weight excluding hydrogens is 433 g/mol. The summed E-state index contributed by atoms with van der Waals surface area (Å²) in [6.45, 7) is 0.389. The van der Waals surface area contributed by atoms with E-state index < -0.39 is 12.1 Å². The average molecular weight is 454 g/mol. The summed E-state index contributed by atoms with van der Waals surface area (Å²) in [4.78, 5) is 31.1. The Morgan fingerprint density at radius 2 is 1.81 bits per heavy atom. The molecular formula is C18H21F3N8O3. The second kappa shape index (κ2) is 10.3. The standard InChI is InChI=1S/C16H20N8O.C2HF3O2/c1-22(2)16-19-9-14(23(16)3)8-18-15(25)21-12-4-6-13(7-5-12)24-11-17-10-20-24;3-2(4,5)1(6)7/h4-7,9-11H,8H2,1-3H3,(H2,18,21,25);(H,6,7). The first-order chi connectivity index (χ1) is 15.0. The van der Waals surface area contributed by atoms with Crippen molar-refractivity contribution in [3.8, 4) is 5.69 Å². The third-order valence-electron chi connectivity index (χ3n) is 3.94. The van der Waals surface area contributed by atoms with Crippen LogP contribution in [0.2, 0.25) is 0 Å². The van der Waals surface area contributed by atoms with Gasteiger partial charge in [0, 0.05) is 26.8 Å². The van der Waals surface area contributed by atoms with Gasteiger partial charge in [0.25, 0.3) is 0 Å². The highest BCUT2D eigenvalue weighted by atomic mass is 19.4. The number of benzene rings is 1. The molecule has 0 spiro atoms. The molecule has 0 aliphatic heterocycles. The molecule has 172 valence electrons. The predicted molar refractivity (Wildman–Crippen MR) is 108 cm³/mol. The van der Waals surface area contributed by atoms with E-state index in [1.165, 1.54) is 6.33 Å². The maximum Gasteiger partial charge on any atom is 0.490 e. The zero-order chi connectivity index (χ0) is 23.9. The molecule has 0 fully saturated rings. The van der Waals surface area contributed by atoms with Crippen LogP contribution < -0.4 is 15.5 Å². The quantitative estimate of drug-likeness (QED) is 0.538. The molecule has 3 aromatic rings. The van der Waals surface area contributed by atoms with Gasteiger partial charge in [-0.05, 0) is 24.3 Å². The van der Waals surface area contributed by atoms with Crippen LogP contribution in [0.25, 0.3) is 5.69 Å². The number of hydrogen-bond acceptors (Lipinski definition) is 6. The van der Waals surface area contributed by atoms with Gasteiger partial charge >= 0.3 is 18.2 Å². The number of aromatic nitrogens is 5. The van der Waals surface area contributed by atoms with Gasteiger partial charge in [-0.2, -0.15) is 18.3 Å². The molecule has 0 unspecified atom stereocenters. The molecule has 32 heavy (non-hydrogen) atoms. The highest BCUT2D eigenvalue weighted by Gasteiger charge is 2.38. The lowest BCUT2D eigenvalue weighted by Gasteiger charge is -2.13. The van der Waals surface area contributed by atoms with E-state index in [2.05, 4.69) is 25.7 Å². The van der Waals surface area contributed by atoms with Gasteiger partial charge in [-0.25, -0.2) is 24.2 Å². The molecule has 11 nitrogen and oxygen atoms in total. The Bertz CT molecular complexity index is 1030. The summed E-state index contributed by atoms with van der Waals surface area (Å²) in [5, 5.41) is 16.8. The number of nitrogens with one attached hydrogen (secondary N) is 2. The summed E-state index contributed by atoms with van der Waals surface area (Å²) in [6, 6.07) is 7.06. The van der Waals surface area contributed by atoms with Gasteiger partial charge in [-0.1, -0.05) is 0 Å². The van der Waals surface area contributed by atoms with Crippen molar-refractivity contribution in [2.75, 3.05) is 24.3 Å². The van der Waals surface area contributed by atoms with Gasteiger partial charge in [-0.3, -0.25) is 0 Å². The van der Waals surface area contributed by atoms with Crippen molar-refractivity contribution in [1.82, 2.24) is 29.6 Å². The first-order valence-corrected chi connectivity index (χ1v) is 8.97. The fourth-order valence-electron chi connectivity index (χ4n) is 2.40. The molecule has 0 aliphatic carbocycles. The van der Waals surface area contributed by atoms with E-state index in [0.717, 1.165) is 17.3 Å². The van der Waals surface area contributed by atoms with Crippen LogP contribution in [0.4, 0.5) is 29.6 Å². The largest absolute Gasteiger partial charge is 0.490 e. The van der Waals surface area contributed by atoms with E-state index in [9.17, 15) is 18.0 Å². The summed E-state index contributed by atoms with van der Waals surface area (Å²) >= 11 is 0. The maximum absolute atomic E-state index is 12.1. The number of alkyl halides is 3. The first kappa shape index (κ1) is 24.2. The predicted octanol–water partition coefficient (Wildman–Crippen LogP) is 2.02. The van der Waals surface area contributed by atoms with Gasteiger partial charge in [0.1, 0.15) is 12.7 Å². The maximum atomic E-state index is 12.1. The lowest BCUT2D eigenvalue weighted by Crippen LogP contribution is -2.29. The summed E-state index contributed by atoms with van der Waals surface area (Å²) in [5.74, 6) is -1.92. The first-order valence-electron chi connectivity index (χ1n) is 8.97. The molecule has 3 rings (SSSR count). The number of nitrogens with zero attached hydrogens (tertiary/aromatic N) is 6. The van der Waals surface area contributed by atoms with Gasteiger partial charge in [0.2, 0.25) is 5.95 Å². The fourth-order valence-corrected chi connectivity index (χ4v) is 2.40. The topological polar surface area (TPSA) is 130 Å². The normalized spacial score (nSPS) is 10.7. The Morgan fingerprint density at radius 1 is 1.19 bits per heavy atom. The van der Waals surface area contributed by atoms with Crippen LogP contribution in [0, 0.1) is 0 Å². The highest BCUT2D eigenvalue weighted by Crippen LogP contribution is 2.14. The van der Waals surface area contributed by atoms with Gasteiger partial charge in [0.15, 0.2) is 0 Å². The van der Waals surface area contributed by atoms with E-state index in [4.69, 9.17) is 9.90 Å². The number of carboxylic acid groups (broad SMARTS) is 1. The number of anilines is 2. The average Bonchev–Trinajstić information content (AvgIpc) is 3.37. The summed E-state index contributed by atoms with van der Waals surface area (Å²) in [6.07, 6.45) is -0.243. The van der Waals surface area contributed by atoms with Crippen molar-refractivity contribution in [2.45, 2.75) is 12.7 Å². The van der Waals surface area contributed by atoms with Crippen molar-refractivity contribution in [3.05, 3.63) is 48.8 Å². The zero-order valence-corrected chi connectivity index (χ0v) is 17.3. The minimum Gasteiger partial charge on any atom is -0.475 e. The van der Waals surface area contributed by atoms with Gasteiger partial charge < -0.3 is 25.2 Å². The monoisotopic (exact) mass is 454 g/mol. The summed E-state index contributed by atoms with van der Waals surface area (Å²) in [7, 11) is 5.77. The number of urea groups is 1. The zero-order valence-electron chi connectivity index (χ0n) is 17.3. The number of aliphatic carboxylic acids is 1. The minimum absolute atomic E-state index is 0.277. The fraction of sp³-hybridized carbons (Fsp3) is 0.278. The summed E-state index contributed by atoms with van der Waals surface area (Å²) in [5.41, 5.74) is 2.48. The van der Waals surface area contributed by atoms with E-state index in [0.29, 0.717) is 12.2 Å². The van der Waals surface area contributed by atoms with Crippen molar-refractivity contribution in [2.24, 2.45) is 7.05 Å². The Hall–Kier alpha value is -4.10. The van der Waals surface area contributed by atoms with Crippen LogP contribution >= 0.6 is 0 Å². The van der Waals surface area contributed by atoms with E-state index in [1.807, 2.05) is 54.9 Å². The van der Waals surface area contributed by atoms with Crippen LogP contribution in [-0.2, 0) is 18.4 Å². The van der Waals surface area contributed by atoms with Crippen molar-refractivity contribution in [3.63, 3.8) is 0 Å². The van der Waals surface area contributed by atoms with Crippen LogP contribution in [0.15, 0.2) is 43.1 Å². The van der Waals surface area contributed by atoms with Crippen molar-refractivity contribution >= 4 is 23.6 Å². The number of rotatable bonds is 5. The van der Waals surface area contributed by atoms with Crippen molar-refractivity contribution in [1.29, 1.82) is 0 Å². The number of carbonyl (C=O) groups is 2. The van der Waals surface area contributed by atoms with Crippen molar-refractivity contribution < 1.29 is 27.9 Å². The Balaban J connectivity index is 0.000000451. The Labute approximate surface area is 180 Å². The van der Waals surface area contributed by atoms with E-state index in [1.54, 1.807) is 17.2 Å². The second-order valence-corrected chi connectivity index (χ2v) is 6.50. The molecule has 2 heterocycles. The van der Waals surface area contributed by atoms with Gasteiger partial charge in [-0.15, -0.1) is 0 Å². The van der Waals surface area contributed by atoms with E-state index in [-0.39, 0.29) is 6.03 Å². The molecule has 1 aromatic carbocycles. The van der Waals surface area contributed by atoms with E-state index >= 15 is 0 Å². The van der Waals surface area contributed by atoms with Gasteiger partial charge in [0.05, 0.1) is 24.1 Å². The molecule has 0 saturated carbocycles. The molecule has 14 heteroatoms. The molecule has 2 aromatic heterocycles. The van der Waals surface area contributed by atoms with Crippen LogP contribution in [0.3, 0.4) is 0 Å². The van der Waals surface area contributed by atoms with Crippen LogP contribution in [0.1, 0.15) is 5.69 Å². The molecule has 0 aliphatic rings. The van der Waals surface area contributed by atoms with Crippen LogP contribution in [-0.4, -0.2) is 61.7 Å². The summed E-state index contributed by atoms with van der Waals surface area (Å²) < 4.78 is 35.3. The number of imidazole rings is 1. The number of carboxylic acids is 1. The molecule has 0 bridgehead atoms. The molecule has 2 amide bonds. The second-order valence-electron chi connectivity index (χ2n) is 6.50.